The van der Waals surface area contributed by atoms with Crippen molar-refractivity contribution in [2.45, 2.75) is 63.7 Å². The molecule has 9 nitrogen and oxygen atoms in total. The molecule has 1 aromatic rings. The molecular formula is C20H30N2O7. The SMILES string of the molecule is CC(=O)N[C@@H](C=O)[C@@H](O[C@H](C)C(=O)N[C@@H](C)Cc1ccccc1)[C@@H](O)[C@H](O)CO. The predicted molar refractivity (Wildman–Crippen MR) is 105 cm³/mol. The van der Waals surface area contributed by atoms with Crippen LogP contribution in [0.25, 0.3) is 0 Å². The van der Waals surface area contributed by atoms with Crippen LogP contribution in [0.3, 0.4) is 0 Å². The molecule has 0 bridgehead atoms. The van der Waals surface area contributed by atoms with Gasteiger partial charge in [-0.25, -0.2) is 0 Å². The van der Waals surface area contributed by atoms with E-state index in [9.17, 15) is 24.6 Å². The second-order valence-electron chi connectivity index (χ2n) is 6.95. The fraction of sp³-hybridized carbons (Fsp3) is 0.550. The van der Waals surface area contributed by atoms with Crippen molar-refractivity contribution in [2.75, 3.05) is 6.61 Å². The number of aliphatic hydroxyl groups is 3. The van der Waals surface area contributed by atoms with Crippen LogP contribution in [0.4, 0.5) is 0 Å². The maximum Gasteiger partial charge on any atom is 0.249 e. The van der Waals surface area contributed by atoms with Gasteiger partial charge in [-0.3, -0.25) is 9.59 Å². The van der Waals surface area contributed by atoms with Gasteiger partial charge in [0.25, 0.3) is 0 Å². The first-order chi connectivity index (χ1) is 13.7. The number of aliphatic hydroxyl groups excluding tert-OH is 3. The van der Waals surface area contributed by atoms with E-state index in [2.05, 4.69) is 10.6 Å². The van der Waals surface area contributed by atoms with Gasteiger partial charge in [0.05, 0.1) is 6.61 Å². The Kier molecular flexibility index (Phi) is 10.5. The molecule has 6 atom stereocenters. The summed E-state index contributed by atoms with van der Waals surface area (Å²) in [5.41, 5.74) is 1.04. The normalized spacial score (nSPS) is 17.3. The number of carbonyl (C=O) groups is 3. The van der Waals surface area contributed by atoms with Crippen LogP contribution >= 0.6 is 0 Å². The molecule has 0 aliphatic rings. The second kappa shape index (κ2) is 12.3. The summed E-state index contributed by atoms with van der Waals surface area (Å²) < 4.78 is 5.52. The van der Waals surface area contributed by atoms with Gasteiger partial charge in [-0.15, -0.1) is 0 Å². The molecule has 0 heterocycles. The second-order valence-corrected chi connectivity index (χ2v) is 6.95. The number of amides is 2. The largest absolute Gasteiger partial charge is 0.394 e. The van der Waals surface area contributed by atoms with E-state index in [1.807, 2.05) is 37.3 Å². The lowest BCUT2D eigenvalue weighted by Crippen LogP contribution is -2.56. The Bertz CT molecular complexity index is 655. The lowest BCUT2D eigenvalue weighted by atomic mass is 10.0. The summed E-state index contributed by atoms with van der Waals surface area (Å²) in [5.74, 6) is -1.05. The van der Waals surface area contributed by atoms with Crippen molar-refractivity contribution in [3.8, 4) is 0 Å². The van der Waals surface area contributed by atoms with Gasteiger partial charge >= 0.3 is 0 Å². The highest BCUT2D eigenvalue weighted by Crippen LogP contribution is 2.13. The first-order valence-corrected chi connectivity index (χ1v) is 9.38. The van der Waals surface area contributed by atoms with Gasteiger partial charge < -0.3 is 35.5 Å². The van der Waals surface area contributed by atoms with E-state index < -0.39 is 48.9 Å². The van der Waals surface area contributed by atoms with Crippen LogP contribution in [0, 0.1) is 0 Å². The lowest BCUT2D eigenvalue weighted by molar-refractivity contribution is -0.157. The van der Waals surface area contributed by atoms with Crippen molar-refractivity contribution >= 4 is 18.1 Å². The number of aldehydes is 1. The van der Waals surface area contributed by atoms with Crippen molar-refractivity contribution in [3.05, 3.63) is 35.9 Å². The Morgan fingerprint density at radius 1 is 1.14 bits per heavy atom. The van der Waals surface area contributed by atoms with Gasteiger partial charge in [-0.2, -0.15) is 0 Å². The molecule has 29 heavy (non-hydrogen) atoms. The number of nitrogens with one attached hydrogen (secondary N) is 2. The molecule has 0 saturated heterocycles. The van der Waals surface area contributed by atoms with Crippen LogP contribution < -0.4 is 10.6 Å². The van der Waals surface area contributed by atoms with Crippen molar-refractivity contribution in [3.63, 3.8) is 0 Å². The molecule has 0 saturated carbocycles. The highest BCUT2D eigenvalue weighted by molar-refractivity contribution is 5.81. The minimum Gasteiger partial charge on any atom is -0.394 e. The van der Waals surface area contributed by atoms with Crippen molar-refractivity contribution < 1.29 is 34.4 Å². The molecule has 0 radical (unpaired) electrons. The highest BCUT2D eigenvalue weighted by Gasteiger charge is 2.36. The summed E-state index contributed by atoms with van der Waals surface area (Å²) in [4.78, 5) is 35.2. The third kappa shape index (κ3) is 8.28. The van der Waals surface area contributed by atoms with Crippen LogP contribution in [-0.2, 0) is 25.5 Å². The zero-order valence-corrected chi connectivity index (χ0v) is 16.8. The monoisotopic (exact) mass is 410 g/mol. The van der Waals surface area contributed by atoms with Gasteiger partial charge in [-0.05, 0) is 25.8 Å². The fourth-order valence-electron chi connectivity index (χ4n) is 2.81. The van der Waals surface area contributed by atoms with Crippen LogP contribution in [0.2, 0.25) is 0 Å². The third-order valence-electron chi connectivity index (χ3n) is 4.29. The van der Waals surface area contributed by atoms with Gasteiger partial charge in [0, 0.05) is 13.0 Å². The predicted octanol–water partition coefficient (Wildman–Crippen LogP) is -1.07. The molecular weight excluding hydrogens is 380 g/mol. The standard InChI is InChI=1S/C20H30N2O7/c1-12(9-15-7-5-4-6-8-15)21-20(28)13(2)29-19(18(27)17(26)11-24)16(10-23)22-14(3)25/h4-8,10,12-13,16-19,24,26-27H,9,11H2,1-3H3,(H,21,28)(H,22,25)/t12-,13+,16-,17+,18-,19+/m0/s1. The molecule has 0 spiro atoms. The van der Waals surface area contributed by atoms with E-state index in [0.29, 0.717) is 12.7 Å². The molecule has 0 aliphatic carbocycles. The summed E-state index contributed by atoms with van der Waals surface area (Å²) >= 11 is 0. The molecule has 0 unspecified atom stereocenters. The Hall–Kier alpha value is -2.33. The van der Waals surface area contributed by atoms with Crippen LogP contribution in [0.1, 0.15) is 26.3 Å². The van der Waals surface area contributed by atoms with Crippen LogP contribution in [-0.4, -0.2) is 76.5 Å². The van der Waals surface area contributed by atoms with Crippen LogP contribution in [0.15, 0.2) is 30.3 Å². The molecule has 9 heteroatoms. The van der Waals surface area contributed by atoms with Gasteiger partial charge in [0.2, 0.25) is 11.8 Å². The highest BCUT2D eigenvalue weighted by atomic mass is 16.5. The van der Waals surface area contributed by atoms with Crippen molar-refractivity contribution in [1.29, 1.82) is 0 Å². The topological polar surface area (TPSA) is 145 Å². The summed E-state index contributed by atoms with van der Waals surface area (Å²) in [6.45, 7) is 3.63. The number of ether oxygens (including phenoxy) is 1. The van der Waals surface area contributed by atoms with E-state index in [0.717, 1.165) is 5.56 Å². The molecule has 162 valence electrons. The minimum atomic E-state index is -1.71. The van der Waals surface area contributed by atoms with E-state index in [-0.39, 0.29) is 6.04 Å². The minimum absolute atomic E-state index is 0.209. The van der Waals surface area contributed by atoms with Gasteiger partial charge in [0.1, 0.15) is 36.7 Å². The Morgan fingerprint density at radius 2 is 1.76 bits per heavy atom. The Labute approximate surface area is 170 Å². The molecule has 5 N–H and O–H groups in total. The third-order valence-corrected chi connectivity index (χ3v) is 4.29. The molecule has 1 rings (SSSR count). The molecule has 1 aromatic carbocycles. The maximum absolute atomic E-state index is 12.5. The summed E-state index contributed by atoms with van der Waals surface area (Å²) in [7, 11) is 0. The molecule has 0 fully saturated rings. The number of hydrogen-bond donors (Lipinski definition) is 5. The number of hydrogen-bond acceptors (Lipinski definition) is 7. The first-order valence-electron chi connectivity index (χ1n) is 9.38. The summed E-state index contributed by atoms with van der Waals surface area (Å²) in [6.07, 6.45) is -4.94. The lowest BCUT2D eigenvalue weighted by Gasteiger charge is -2.32. The van der Waals surface area contributed by atoms with E-state index in [1.165, 1.54) is 13.8 Å². The Morgan fingerprint density at radius 3 is 2.28 bits per heavy atom. The molecule has 0 aliphatic heterocycles. The van der Waals surface area contributed by atoms with E-state index in [1.54, 1.807) is 0 Å². The smallest absolute Gasteiger partial charge is 0.249 e. The quantitative estimate of drug-likeness (QED) is 0.276. The van der Waals surface area contributed by atoms with Crippen LogP contribution in [0.5, 0.6) is 0 Å². The van der Waals surface area contributed by atoms with Gasteiger partial charge in [0.15, 0.2) is 0 Å². The fourth-order valence-corrected chi connectivity index (χ4v) is 2.81. The zero-order chi connectivity index (χ0) is 22.0. The molecule has 2 amide bonds. The number of rotatable bonds is 12. The summed E-state index contributed by atoms with van der Waals surface area (Å²) in [5, 5.41) is 34.1. The van der Waals surface area contributed by atoms with E-state index >= 15 is 0 Å². The molecule has 0 aromatic heterocycles. The average molecular weight is 410 g/mol. The first kappa shape index (κ1) is 24.7. The van der Waals surface area contributed by atoms with Crippen molar-refractivity contribution in [2.24, 2.45) is 0 Å². The number of carbonyl (C=O) groups excluding carboxylic acids is 3. The zero-order valence-electron chi connectivity index (χ0n) is 16.8. The van der Waals surface area contributed by atoms with Gasteiger partial charge in [-0.1, -0.05) is 30.3 Å². The number of benzene rings is 1. The summed E-state index contributed by atoms with van der Waals surface area (Å²) in [6, 6.07) is 8.04. The maximum atomic E-state index is 12.5. The van der Waals surface area contributed by atoms with Crippen molar-refractivity contribution in [1.82, 2.24) is 10.6 Å². The average Bonchev–Trinajstić information content (AvgIpc) is 2.69. The van der Waals surface area contributed by atoms with E-state index in [4.69, 9.17) is 9.84 Å². The Balaban J connectivity index is 2.80.